The Kier molecular flexibility index (Phi) is 6.06. The smallest absolute Gasteiger partial charge is 0.267 e. The highest BCUT2D eigenvalue weighted by Crippen LogP contribution is 2.20. The minimum absolute atomic E-state index is 0.111. The number of benzene rings is 2. The molecule has 0 spiro atoms. The largest absolute Gasteiger partial charge is 0.339 e. The molecule has 0 aliphatic heterocycles. The van der Waals surface area contributed by atoms with Gasteiger partial charge in [-0.05, 0) is 35.2 Å². The van der Waals surface area contributed by atoms with Gasteiger partial charge in [0.25, 0.3) is 11.8 Å². The molecule has 1 atom stereocenters. The molecule has 24 heavy (non-hydrogen) atoms. The lowest BCUT2D eigenvalue weighted by atomic mass is 10.0. The van der Waals surface area contributed by atoms with Crippen molar-refractivity contribution >= 4 is 11.8 Å². The van der Waals surface area contributed by atoms with Crippen LogP contribution in [0.15, 0.2) is 48.5 Å². The fourth-order valence-corrected chi connectivity index (χ4v) is 2.30. The molecule has 0 radical (unpaired) electrons. The van der Waals surface area contributed by atoms with Crippen molar-refractivity contribution in [2.75, 3.05) is 6.54 Å². The van der Waals surface area contributed by atoms with Gasteiger partial charge in [-0.15, -0.1) is 0 Å². The molecule has 126 valence electrons. The molecule has 0 bridgehead atoms. The maximum Gasteiger partial charge on any atom is 0.267 e. The van der Waals surface area contributed by atoms with E-state index in [2.05, 4.69) is 24.4 Å². The molecule has 5 N–H and O–H groups in total. The first kappa shape index (κ1) is 17.7. The van der Waals surface area contributed by atoms with Crippen LogP contribution < -0.4 is 16.5 Å². The van der Waals surface area contributed by atoms with E-state index in [1.54, 1.807) is 12.1 Å². The van der Waals surface area contributed by atoms with Gasteiger partial charge in [0.2, 0.25) is 0 Å². The van der Waals surface area contributed by atoms with E-state index in [0.29, 0.717) is 5.56 Å². The minimum Gasteiger partial charge on any atom is -0.339 e. The lowest BCUT2D eigenvalue weighted by Gasteiger charge is -2.14. The summed E-state index contributed by atoms with van der Waals surface area (Å²) < 4.78 is 0. The maximum atomic E-state index is 12.1. The lowest BCUT2D eigenvalue weighted by molar-refractivity contribution is -0.130. The van der Waals surface area contributed by atoms with Crippen molar-refractivity contribution in [3.63, 3.8) is 0 Å². The Morgan fingerprint density at radius 2 is 1.58 bits per heavy atom. The first-order valence-corrected chi connectivity index (χ1v) is 7.73. The van der Waals surface area contributed by atoms with Crippen LogP contribution in [0.25, 0.3) is 11.1 Å². The first-order valence-electron chi connectivity index (χ1n) is 7.73. The Labute approximate surface area is 140 Å². The van der Waals surface area contributed by atoms with E-state index in [9.17, 15) is 9.59 Å². The van der Waals surface area contributed by atoms with E-state index in [4.69, 9.17) is 10.9 Å². The zero-order valence-corrected chi connectivity index (χ0v) is 13.5. The fourth-order valence-electron chi connectivity index (χ4n) is 2.30. The molecule has 0 saturated carbocycles. The molecule has 1 unspecified atom stereocenters. The van der Waals surface area contributed by atoms with Crippen LogP contribution in [0.2, 0.25) is 0 Å². The van der Waals surface area contributed by atoms with Gasteiger partial charge in [-0.25, -0.2) is 5.48 Å². The predicted molar refractivity (Wildman–Crippen MR) is 91.5 cm³/mol. The third-order valence-electron chi connectivity index (χ3n) is 3.81. The average Bonchev–Trinajstić information content (AvgIpc) is 2.65. The summed E-state index contributed by atoms with van der Waals surface area (Å²) in [5.41, 5.74) is 10.6. The van der Waals surface area contributed by atoms with E-state index in [0.717, 1.165) is 17.5 Å². The monoisotopic (exact) mass is 327 g/mol. The third kappa shape index (κ3) is 4.18. The molecular formula is C18H21N3O3. The molecule has 0 aliphatic carbocycles. The van der Waals surface area contributed by atoms with Crippen LogP contribution in [0.4, 0.5) is 0 Å². The molecule has 0 aliphatic rings. The molecule has 0 heterocycles. The van der Waals surface area contributed by atoms with Gasteiger partial charge in [0, 0.05) is 12.1 Å². The summed E-state index contributed by atoms with van der Waals surface area (Å²) in [4.78, 5) is 23.5. The van der Waals surface area contributed by atoms with Crippen molar-refractivity contribution in [2.45, 2.75) is 19.4 Å². The van der Waals surface area contributed by atoms with Crippen molar-refractivity contribution in [1.29, 1.82) is 0 Å². The van der Waals surface area contributed by atoms with Crippen LogP contribution in [-0.2, 0) is 11.2 Å². The number of carbonyl (C=O) groups excluding carboxylic acids is 2. The molecule has 0 fully saturated rings. The zero-order valence-electron chi connectivity index (χ0n) is 13.5. The Bertz CT molecular complexity index is 696. The van der Waals surface area contributed by atoms with Crippen LogP contribution >= 0.6 is 0 Å². The third-order valence-corrected chi connectivity index (χ3v) is 3.81. The highest BCUT2D eigenvalue weighted by Gasteiger charge is 2.19. The summed E-state index contributed by atoms with van der Waals surface area (Å²) in [6.07, 6.45) is 0.989. The lowest BCUT2D eigenvalue weighted by Crippen LogP contribution is -2.50. The molecule has 2 rings (SSSR count). The van der Waals surface area contributed by atoms with E-state index in [1.807, 2.05) is 24.3 Å². The molecule has 0 saturated heterocycles. The fraction of sp³-hybridized carbons (Fsp3) is 0.222. The van der Waals surface area contributed by atoms with Gasteiger partial charge >= 0.3 is 0 Å². The number of carbonyl (C=O) groups is 2. The van der Waals surface area contributed by atoms with Gasteiger partial charge in [-0.3, -0.25) is 14.8 Å². The van der Waals surface area contributed by atoms with Crippen molar-refractivity contribution in [3.05, 3.63) is 59.7 Å². The Morgan fingerprint density at radius 3 is 2.04 bits per heavy atom. The predicted octanol–water partition coefficient (Wildman–Crippen LogP) is 1.48. The maximum absolute atomic E-state index is 12.1. The summed E-state index contributed by atoms with van der Waals surface area (Å²) in [7, 11) is 0. The highest BCUT2D eigenvalue weighted by molar-refractivity contribution is 5.97. The molecular weight excluding hydrogens is 306 g/mol. The second-order valence-electron chi connectivity index (χ2n) is 5.37. The molecule has 2 amide bonds. The average molecular weight is 327 g/mol. The molecule has 6 heteroatoms. The molecule has 0 aromatic heterocycles. The molecule has 2 aromatic carbocycles. The van der Waals surface area contributed by atoms with Gasteiger partial charge in [0.1, 0.15) is 6.04 Å². The summed E-state index contributed by atoms with van der Waals surface area (Å²) in [5.74, 6) is -1.18. The highest BCUT2D eigenvalue weighted by atomic mass is 16.5. The van der Waals surface area contributed by atoms with Crippen molar-refractivity contribution in [3.8, 4) is 11.1 Å². The number of rotatable bonds is 6. The zero-order chi connectivity index (χ0) is 17.5. The van der Waals surface area contributed by atoms with E-state index >= 15 is 0 Å². The quantitative estimate of drug-likeness (QED) is 0.476. The van der Waals surface area contributed by atoms with Crippen LogP contribution in [0.5, 0.6) is 0 Å². The van der Waals surface area contributed by atoms with Gasteiger partial charge in [0.15, 0.2) is 0 Å². The van der Waals surface area contributed by atoms with Crippen molar-refractivity contribution in [2.24, 2.45) is 5.73 Å². The van der Waals surface area contributed by atoms with E-state index in [1.165, 1.54) is 11.0 Å². The molecule has 2 aromatic rings. The number of nitrogens with one attached hydrogen (secondary N) is 2. The van der Waals surface area contributed by atoms with Crippen LogP contribution in [-0.4, -0.2) is 29.6 Å². The Hall–Kier alpha value is -2.70. The summed E-state index contributed by atoms with van der Waals surface area (Å²) in [6, 6.07) is 14.3. The number of hydrogen-bond donors (Lipinski definition) is 4. The van der Waals surface area contributed by atoms with Gasteiger partial charge < -0.3 is 11.1 Å². The van der Waals surface area contributed by atoms with Crippen LogP contribution in [0.3, 0.4) is 0 Å². The van der Waals surface area contributed by atoms with E-state index < -0.39 is 17.9 Å². The number of hydrogen-bond acceptors (Lipinski definition) is 4. The topological polar surface area (TPSA) is 104 Å². The van der Waals surface area contributed by atoms with Gasteiger partial charge in [-0.2, -0.15) is 0 Å². The standard InChI is InChI=1S/C18H21N3O3/c1-2-12-3-5-13(6-4-12)14-7-9-15(10-8-14)17(22)20-16(11-19)18(23)21-24/h3-10,16,24H,2,11,19H2,1H3,(H,20,22)(H,21,23). The Balaban J connectivity index is 2.10. The number of amides is 2. The summed E-state index contributed by atoms with van der Waals surface area (Å²) in [5, 5.41) is 11.1. The second-order valence-corrected chi connectivity index (χ2v) is 5.37. The number of aryl methyl sites for hydroxylation is 1. The molecule has 6 nitrogen and oxygen atoms in total. The first-order chi connectivity index (χ1) is 11.6. The Morgan fingerprint density at radius 1 is 1.04 bits per heavy atom. The minimum atomic E-state index is -0.983. The SMILES string of the molecule is CCc1ccc(-c2ccc(C(=O)NC(CN)C(=O)NO)cc2)cc1. The van der Waals surface area contributed by atoms with Gasteiger partial charge in [-0.1, -0.05) is 43.3 Å². The van der Waals surface area contributed by atoms with Gasteiger partial charge in [0.05, 0.1) is 0 Å². The van der Waals surface area contributed by atoms with Crippen LogP contribution in [0, 0.1) is 0 Å². The van der Waals surface area contributed by atoms with E-state index in [-0.39, 0.29) is 6.54 Å². The summed E-state index contributed by atoms with van der Waals surface area (Å²) >= 11 is 0. The van der Waals surface area contributed by atoms with Crippen molar-refractivity contribution < 1.29 is 14.8 Å². The second kappa shape index (κ2) is 8.24. The van der Waals surface area contributed by atoms with Crippen molar-refractivity contribution in [1.82, 2.24) is 10.8 Å². The number of hydroxylamine groups is 1. The van der Waals surface area contributed by atoms with Crippen LogP contribution in [0.1, 0.15) is 22.8 Å². The summed E-state index contributed by atoms with van der Waals surface area (Å²) in [6.45, 7) is 1.99. The normalized spacial score (nSPS) is 11.6. The number of nitrogens with two attached hydrogens (primary N) is 1.